The van der Waals surface area contributed by atoms with Crippen molar-refractivity contribution in [3.63, 3.8) is 0 Å². The number of ether oxygens (including phenoxy) is 1. The van der Waals surface area contributed by atoms with Crippen LogP contribution in [-0.4, -0.2) is 26.4 Å². The van der Waals surface area contributed by atoms with Gasteiger partial charge in [-0.05, 0) is 67.9 Å². The van der Waals surface area contributed by atoms with E-state index in [0.29, 0.717) is 39.9 Å². The van der Waals surface area contributed by atoms with Gasteiger partial charge in [-0.1, -0.05) is 24.3 Å². The lowest BCUT2D eigenvalue weighted by atomic mass is 10.1. The Morgan fingerprint density at radius 3 is 2.38 bits per heavy atom. The van der Waals surface area contributed by atoms with Gasteiger partial charge >= 0.3 is 0 Å². The predicted molar refractivity (Wildman–Crippen MR) is 130 cm³/mol. The third-order valence-electron chi connectivity index (χ3n) is 5.32. The summed E-state index contributed by atoms with van der Waals surface area (Å²) in [4.78, 5) is 17.4. The summed E-state index contributed by atoms with van der Waals surface area (Å²) >= 11 is 0. The van der Waals surface area contributed by atoms with Gasteiger partial charge in [0.15, 0.2) is 9.84 Å². The van der Waals surface area contributed by atoms with Gasteiger partial charge in [-0.3, -0.25) is 4.79 Å². The first-order chi connectivity index (χ1) is 16.3. The smallest absolute Gasteiger partial charge is 0.255 e. The van der Waals surface area contributed by atoms with Crippen LogP contribution in [0.15, 0.2) is 82.1 Å². The van der Waals surface area contributed by atoms with Crippen molar-refractivity contribution in [1.29, 1.82) is 0 Å². The van der Waals surface area contributed by atoms with Gasteiger partial charge in [0.25, 0.3) is 5.91 Å². The van der Waals surface area contributed by atoms with E-state index in [9.17, 15) is 13.2 Å². The van der Waals surface area contributed by atoms with Crippen molar-refractivity contribution < 1.29 is 22.4 Å². The fourth-order valence-corrected chi connectivity index (χ4v) is 4.82. The number of carbonyl (C=O) groups is 1. The van der Waals surface area contributed by atoms with Crippen molar-refractivity contribution in [3.8, 4) is 17.2 Å². The number of aryl methyl sites for hydroxylation is 2. The van der Waals surface area contributed by atoms with Crippen LogP contribution in [0.2, 0.25) is 0 Å². The Morgan fingerprint density at radius 1 is 1.00 bits per heavy atom. The van der Waals surface area contributed by atoms with Crippen molar-refractivity contribution in [1.82, 2.24) is 4.98 Å². The maximum Gasteiger partial charge on any atom is 0.255 e. The zero-order valence-corrected chi connectivity index (χ0v) is 19.8. The van der Waals surface area contributed by atoms with Crippen molar-refractivity contribution in [2.45, 2.75) is 24.5 Å². The molecule has 0 saturated carbocycles. The first-order valence-electron chi connectivity index (χ1n) is 10.6. The quantitative estimate of drug-likeness (QED) is 0.394. The summed E-state index contributed by atoms with van der Waals surface area (Å²) in [5, 5.41) is 2.86. The average molecular weight is 477 g/mol. The molecule has 3 aromatic carbocycles. The van der Waals surface area contributed by atoms with Gasteiger partial charge in [-0.15, -0.1) is 0 Å². The molecule has 0 radical (unpaired) electrons. The molecular weight excluding hydrogens is 452 g/mol. The van der Waals surface area contributed by atoms with Crippen LogP contribution < -0.4 is 10.1 Å². The summed E-state index contributed by atoms with van der Waals surface area (Å²) in [5.41, 5.74) is 3.02. The largest absolute Gasteiger partial charge is 0.495 e. The molecule has 0 aliphatic carbocycles. The van der Waals surface area contributed by atoms with Crippen LogP contribution in [-0.2, 0) is 15.6 Å². The Morgan fingerprint density at radius 2 is 1.71 bits per heavy atom. The van der Waals surface area contributed by atoms with Gasteiger partial charge in [-0.2, -0.15) is 0 Å². The number of nitrogens with zero attached hydrogens (tertiary/aromatic N) is 1. The second kappa shape index (κ2) is 9.52. The third-order valence-corrected chi connectivity index (χ3v) is 6.96. The molecule has 1 N–H and O–H groups in total. The summed E-state index contributed by atoms with van der Waals surface area (Å²) in [5.74, 6) is 0.758. The lowest BCUT2D eigenvalue weighted by Gasteiger charge is -2.11. The molecule has 0 unspecified atom stereocenters. The molecular formula is C26H24N2O5S. The highest BCUT2D eigenvalue weighted by Gasteiger charge is 2.21. The van der Waals surface area contributed by atoms with Gasteiger partial charge in [0.1, 0.15) is 17.3 Å². The van der Waals surface area contributed by atoms with Crippen LogP contribution in [0, 0.1) is 13.8 Å². The first-order valence-corrected chi connectivity index (χ1v) is 12.2. The second-order valence-corrected chi connectivity index (χ2v) is 9.82. The minimum absolute atomic E-state index is 0.236. The Balaban J connectivity index is 1.51. The normalized spacial score (nSPS) is 11.3. The number of hydrogen-bond acceptors (Lipinski definition) is 6. The molecule has 0 aliphatic heterocycles. The lowest BCUT2D eigenvalue weighted by molar-refractivity contribution is 0.102. The van der Waals surface area contributed by atoms with E-state index < -0.39 is 9.84 Å². The fourth-order valence-electron chi connectivity index (χ4n) is 3.45. The number of anilines is 1. The zero-order valence-electron chi connectivity index (χ0n) is 19.0. The number of hydrogen-bond donors (Lipinski definition) is 1. The first kappa shape index (κ1) is 23.3. The fraction of sp³-hybridized carbons (Fsp3) is 0.154. The summed E-state index contributed by atoms with van der Waals surface area (Å²) in [6.45, 7) is 3.62. The van der Waals surface area contributed by atoms with Gasteiger partial charge in [-0.25, -0.2) is 13.4 Å². The number of sulfone groups is 1. The molecule has 0 bridgehead atoms. The predicted octanol–water partition coefficient (Wildman–Crippen LogP) is 5.19. The molecule has 8 heteroatoms. The van der Waals surface area contributed by atoms with E-state index in [2.05, 4.69) is 10.3 Å². The maximum absolute atomic E-state index is 12.7. The minimum Gasteiger partial charge on any atom is -0.495 e. The molecule has 174 valence electrons. The molecule has 0 atom stereocenters. The molecule has 1 heterocycles. The number of benzene rings is 3. The van der Waals surface area contributed by atoms with E-state index in [1.54, 1.807) is 74.7 Å². The second-order valence-electron chi connectivity index (χ2n) is 7.83. The average Bonchev–Trinajstić information content (AvgIpc) is 3.19. The van der Waals surface area contributed by atoms with Crippen molar-refractivity contribution in [3.05, 3.63) is 95.4 Å². The number of carbonyl (C=O) groups excluding carboxylic acids is 1. The van der Waals surface area contributed by atoms with Crippen LogP contribution >= 0.6 is 0 Å². The number of nitrogens with one attached hydrogen (secondary N) is 1. The molecule has 0 aliphatic rings. The topological polar surface area (TPSA) is 98.5 Å². The highest BCUT2D eigenvalue weighted by Crippen LogP contribution is 2.27. The van der Waals surface area contributed by atoms with Gasteiger partial charge in [0.2, 0.25) is 5.89 Å². The standard InChI is InChI=1S/C26H24N2O5S/c1-17-9-14-24(32-3)22(15-17)27-25(29)19-10-12-20(13-11-19)26-28-23(18(2)33-26)16-34(30,31)21-7-5-4-6-8-21/h4-15H,16H2,1-3H3,(H,27,29). The van der Waals surface area contributed by atoms with Crippen LogP contribution in [0.4, 0.5) is 5.69 Å². The number of amides is 1. The molecule has 1 amide bonds. The number of oxazole rings is 1. The summed E-state index contributed by atoms with van der Waals surface area (Å²) < 4.78 is 36.4. The van der Waals surface area contributed by atoms with Crippen LogP contribution in [0.1, 0.15) is 27.4 Å². The summed E-state index contributed by atoms with van der Waals surface area (Å²) in [6, 6.07) is 20.5. The summed E-state index contributed by atoms with van der Waals surface area (Å²) in [6.07, 6.45) is 0. The molecule has 0 fully saturated rings. The lowest BCUT2D eigenvalue weighted by Crippen LogP contribution is -2.12. The number of methoxy groups -OCH3 is 1. The van der Waals surface area contributed by atoms with E-state index >= 15 is 0 Å². The maximum atomic E-state index is 12.7. The molecule has 34 heavy (non-hydrogen) atoms. The molecule has 0 saturated heterocycles. The minimum atomic E-state index is -3.55. The van der Waals surface area contributed by atoms with Gasteiger partial charge < -0.3 is 14.5 Å². The third kappa shape index (κ3) is 5.02. The van der Waals surface area contributed by atoms with Crippen molar-refractivity contribution in [2.24, 2.45) is 0 Å². The Kier molecular flexibility index (Phi) is 6.51. The Bertz CT molecular complexity index is 1430. The van der Waals surface area contributed by atoms with E-state index in [1.165, 1.54) is 0 Å². The van der Waals surface area contributed by atoms with Crippen LogP contribution in [0.3, 0.4) is 0 Å². The molecule has 4 rings (SSSR count). The number of aromatic nitrogens is 1. The summed E-state index contributed by atoms with van der Waals surface area (Å²) in [7, 11) is -2.00. The van der Waals surface area contributed by atoms with Crippen molar-refractivity contribution in [2.75, 3.05) is 12.4 Å². The molecule has 0 spiro atoms. The Hall–Kier alpha value is -3.91. The van der Waals surface area contributed by atoms with Gasteiger partial charge in [0.05, 0.1) is 23.4 Å². The van der Waals surface area contributed by atoms with Crippen LogP contribution in [0.5, 0.6) is 5.75 Å². The van der Waals surface area contributed by atoms with E-state index in [4.69, 9.17) is 9.15 Å². The zero-order chi connectivity index (χ0) is 24.3. The highest BCUT2D eigenvalue weighted by atomic mass is 32.2. The highest BCUT2D eigenvalue weighted by molar-refractivity contribution is 7.90. The SMILES string of the molecule is COc1ccc(C)cc1NC(=O)c1ccc(-c2nc(CS(=O)(=O)c3ccccc3)c(C)o2)cc1. The van der Waals surface area contributed by atoms with Crippen molar-refractivity contribution >= 4 is 21.4 Å². The van der Waals surface area contributed by atoms with E-state index in [0.717, 1.165) is 5.56 Å². The monoisotopic (exact) mass is 476 g/mol. The number of rotatable bonds is 7. The van der Waals surface area contributed by atoms with E-state index in [1.807, 2.05) is 19.1 Å². The Labute approximate surface area is 198 Å². The molecule has 4 aromatic rings. The molecule has 1 aromatic heterocycles. The van der Waals surface area contributed by atoms with E-state index in [-0.39, 0.29) is 16.6 Å². The van der Waals surface area contributed by atoms with Crippen LogP contribution in [0.25, 0.3) is 11.5 Å². The molecule has 7 nitrogen and oxygen atoms in total. The van der Waals surface area contributed by atoms with Gasteiger partial charge in [0, 0.05) is 11.1 Å².